The van der Waals surface area contributed by atoms with Gasteiger partial charge in [-0.15, -0.1) is 0 Å². The molecule has 0 aliphatic heterocycles. The third-order valence-corrected chi connectivity index (χ3v) is 3.50. The highest BCUT2D eigenvalue weighted by atomic mass is 79.9. The van der Waals surface area contributed by atoms with E-state index in [1.165, 1.54) is 6.07 Å². The Morgan fingerprint density at radius 2 is 2.00 bits per heavy atom. The number of halogens is 3. The van der Waals surface area contributed by atoms with Crippen molar-refractivity contribution in [3.05, 3.63) is 57.3 Å². The monoisotopic (exact) mass is 313 g/mol. The van der Waals surface area contributed by atoms with Gasteiger partial charge in [-0.25, -0.2) is 4.39 Å². The van der Waals surface area contributed by atoms with Crippen LogP contribution in [0.25, 0.3) is 11.1 Å². The van der Waals surface area contributed by atoms with Gasteiger partial charge in [0.05, 0.1) is 0 Å². The second kappa shape index (κ2) is 5.17. The van der Waals surface area contributed by atoms with Crippen molar-refractivity contribution < 1.29 is 4.39 Å². The molecule has 0 aliphatic carbocycles. The van der Waals surface area contributed by atoms with Gasteiger partial charge >= 0.3 is 0 Å². The van der Waals surface area contributed by atoms with E-state index in [9.17, 15) is 4.39 Å². The van der Waals surface area contributed by atoms with Gasteiger partial charge < -0.3 is 5.73 Å². The normalized spacial score (nSPS) is 10.6. The topological polar surface area (TPSA) is 26.0 Å². The highest BCUT2D eigenvalue weighted by molar-refractivity contribution is 9.10. The van der Waals surface area contributed by atoms with Crippen LogP contribution in [-0.2, 0) is 6.54 Å². The molecule has 0 saturated carbocycles. The average Bonchev–Trinajstić information content (AvgIpc) is 2.29. The molecule has 17 heavy (non-hydrogen) atoms. The average molecular weight is 315 g/mol. The van der Waals surface area contributed by atoms with Crippen LogP contribution in [0, 0.1) is 5.82 Å². The number of hydrogen-bond donors (Lipinski definition) is 1. The molecule has 88 valence electrons. The van der Waals surface area contributed by atoms with Gasteiger partial charge in [0.25, 0.3) is 0 Å². The molecule has 0 saturated heterocycles. The Labute approximate surface area is 113 Å². The fourth-order valence-electron chi connectivity index (χ4n) is 1.64. The summed E-state index contributed by atoms with van der Waals surface area (Å²) < 4.78 is 14.5. The van der Waals surface area contributed by atoms with E-state index in [0.29, 0.717) is 10.6 Å². The van der Waals surface area contributed by atoms with E-state index in [1.807, 2.05) is 18.2 Å². The molecule has 2 aromatic rings. The second-order valence-corrected chi connectivity index (χ2v) is 4.87. The molecular weight excluding hydrogens is 305 g/mol. The lowest BCUT2D eigenvalue weighted by atomic mass is 10.0. The lowest BCUT2D eigenvalue weighted by Gasteiger charge is -2.09. The van der Waals surface area contributed by atoms with Crippen LogP contribution >= 0.6 is 27.5 Å². The molecule has 0 aromatic heterocycles. The highest BCUT2D eigenvalue weighted by Gasteiger charge is 2.10. The van der Waals surface area contributed by atoms with E-state index >= 15 is 0 Å². The fourth-order valence-corrected chi connectivity index (χ4v) is 2.63. The van der Waals surface area contributed by atoms with Gasteiger partial charge in [-0.1, -0.05) is 45.7 Å². The third-order valence-electron chi connectivity index (χ3n) is 2.52. The van der Waals surface area contributed by atoms with Crippen LogP contribution in [0.2, 0.25) is 5.02 Å². The zero-order chi connectivity index (χ0) is 12.4. The first-order valence-electron chi connectivity index (χ1n) is 5.06. The first-order chi connectivity index (χ1) is 8.13. The van der Waals surface area contributed by atoms with Crippen LogP contribution < -0.4 is 5.73 Å². The molecule has 4 heteroatoms. The predicted octanol–water partition coefficient (Wildman–Crippen LogP) is 4.37. The molecule has 0 aliphatic rings. The van der Waals surface area contributed by atoms with E-state index < -0.39 is 0 Å². The number of rotatable bonds is 2. The summed E-state index contributed by atoms with van der Waals surface area (Å²) in [5.41, 5.74) is 7.44. The van der Waals surface area contributed by atoms with Gasteiger partial charge in [0.2, 0.25) is 0 Å². The van der Waals surface area contributed by atoms with Gasteiger partial charge in [0, 0.05) is 27.2 Å². The molecule has 0 amide bonds. The Balaban J connectivity index is 2.57. The first kappa shape index (κ1) is 12.6. The molecule has 0 heterocycles. The maximum Gasteiger partial charge on any atom is 0.128 e. The Bertz CT molecular complexity index is 537. The minimum atomic E-state index is -0.309. The minimum Gasteiger partial charge on any atom is -0.326 e. The summed E-state index contributed by atoms with van der Waals surface area (Å²) in [4.78, 5) is 0. The fraction of sp³-hybridized carbons (Fsp3) is 0.0769. The van der Waals surface area contributed by atoms with Gasteiger partial charge in [-0.3, -0.25) is 0 Å². The Morgan fingerprint density at radius 1 is 1.24 bits per heavy atom. The maximum atomic E-state index is 13.7. The Kier molecular flexibility index (Phi) is 3.82. The molecule has 0 unspecified atom stereocenters. The molecule has 0 bridgehead atoms. The smallest absolute Gasteiger partial charge is 0.128 e. The summed E-state index contributed by atoms with van der Waals surface area (Å²) in [6, 6.07) is 10.4. The first-order valence-corrected chi connectivity index (χ1v) is 6.23. The SMILES string of the molecule is NCc1ccc(-c2c(Cl)cccc2Br)cc1F. The van der Waals surface area contributed by atoms with Crippen LogP contribution in [0.5, 0.6) is 0 Å². The van der Waals surface area contributed by atoms with Crippen LogP contribution in [0.15, 0.2) is 40.9 Å². The van der Waals surface area contributed by atoms with Crippen molar-refractivity contribution in [3.63, 3.8) is 0 Å². The summed E-state index contributed by atoms with van der Waals surface area (Å²) >= 11 is 9.53. The molecule has 0 radical (unpaired) electrons. The minimum absolute atomic E-state index is 0.190. The van der Waals surface area contributed by atoms with Gasteiger partial charge in [-0.05, 0) is 23.8 Å². The largest absolute Gasteiger partial charge is 0.326 e. The van der Waals surface area contributed by atoms with E-state index in [-0.39, 0.29) is 12.4 Å². The zero-order valence-electron chi connectivity index (χ0n) is 8.88. The van der Waals surface area contributed by atoms with E-state index in [0.717, 1.165) is 15.6 Å². The third kappa shape index (κ3) is 2.51. The summed E-state index contributed by atoms with van der Waals surface area (Å²) in [5, 5.41) is 0.583. The van der Waals surface area contributed by atoms with E-state index in [4.69, 9.17) is 17.3 Å². The predicted molar refractivity (Wildman–Crippen MR) is 72.4 cm³/mol. The van der Waals surface area contributed by atoms with Gasteiger partial charge in [0.15, 0.2) is 0 Å². The molecule has 2 N–H and O–H groups in total. The van der Waals surface area contributed by atoms with Gasteiger partial charge in [-0.2, -0.15) is 0 Å². The lowest BCUT2D eigenvalue weighted by molar-refractivity contribution is 0.611. The highest BCUT2D eigenvalue weighted by Crippen LogP contribution is 2.35. The standard InChI is InChI=1S/C13H10BrClFN/c14-10-2-1-3-11(15)13(10)8-4-5-9(7-17)12(16)6-8/h1-6H,7,17H2. The molecule has 2 aromatic carbocycles. The quantitative estimate of drug-likeness (QED) is 0.875. The molecule has 2 rings (SSSR count). The summed E-state index contributed by atoms with van der Waals surface area (Å²) in [5.74, 6) is -0.309. The van der Waals surface area contributed by atoms with Crippen LogP contribution in [-0.4, -0.2) is 0 Å². The van der Waals surface area contributed by atoms with E-state index in [2.05, 4.69) is 15.9 Å². The van der Waals surface area contributed by atoms with Crippen LogP contribution in [0.1, 0.15) is 5.56 Å². The van der Waals surface area contributed by atoms with Crippen LogP contribution in [0.3, 0.4) is 0 Å². The molecule has 0 spiro atoms. The molecular formula is C13H10BrClFN. The summed E-state index contributed by atoms with van der Waals surface area (Å²) in [7, 11) is 0. The Hall–Kier alpha value is -0.900. The molecule has 0 atom stereocenters. The number of hydrogen-bond acceptors (Lipinski definition) is 1. The summed E-state index contributed by atoms with van der Waals surface area (Å²) in [6.07, 6.45) is 0. The van der Waals surface area contributed by atoms with Crippen molar-refractivity contribution in [2.24, 2.45) is 5.73 Å². The van der Waals surface area contributed by atoms with Crippen molar-refractivity contribution in [3.8, 4) is 11.1 Å². The number of nitrogens with two attached hydrogens (primary N) is 1. The second-order valence-electron chi connectivity index (χ2n) is 3.61. The molecule has 1 nitrogen and oxygen atoms in total. The van der Waals surface area contributed by atoms with Crippen LogP contribution in [0.4, 0.5) is 4.39 Å². The van der Waals surface area contributed by atoms with Crippen molar-refractivity contribution in [1.29, 1.82) is 0 Å². The number of benzene rings is 2. The zero-order valence-corrected chi connectivity index (χ0v) is 11.2. The Morgan fingerprint density at radius 3 is 2.59 bits per heavy atom. The van der Waals surface area contributed by atoms with Gasteiger partial charge in [0.1, 0.15) is 5.82 Å². The lowest BCUT2D eigenvalue weighted by Crippen LogP contribution is -1.99. The molecule has 0 fully saturated rings. The van der Waals surface area contributed by atoms with Crippen molar-refractivity contribution in [2.45, 2.75) is 6.54 Å². The maximum absolute atomic E-state index is 13.7. The summed E-state index contributed by atoms with van der Waals surface area (Å²) in [6.45, 7) is 0.190. The van der Waals surface area contributed by atoms with Crippen molar-refractivity contribution in [2.75, 3.05) is 0 Å². The van der Waals surface area contributed by atoms with Crippen molar-refractivity contribution >= 4 is 27.5 Å². The van der Waals surface area contributed by atoms with E-state index in [1.54, 1.807) is 12.1 Å². The van der Waals surface area contributed by atoms with Crippen molar-refractivity contribution in [1.82, 2.24) is 0 Å².